The zero-order chi connectivity index (χ0) is 21.7. The van der Waals surface area contributed by atoms with Crippen molar-refractivity contribution in [2.24, 2.45) is 0 Å². The van der Waals surface area contributed by atoms with Gasteiger partial charge in [0.05, 0.1) is 18.3 Å². The van der Waals surface area contributed by atoms with Crippen LogP contribution in [0.5, 0.6) is 0 Å². The van der Waals surface area contributed by atoms with Gasteiger partial charge in [0.1, 0.15) is 6.07 Å². The molecule has 0 saturated carbocycles. The highest BCUT2D eigenvalue weighted by Crippen LogP contribution is 2.26. The summed E-state index contributed by atoms with van der Waals surface area (Å²) in [6.07, 6.45) is 0.816. The van der Waals surface area contributed by atoms with Crippen LogP contribution in [0.4, 0.5) is 5.69 Å². The van der Waals surface area contributed by atoms with E-state index < -0.39 is 12.7 Å². The highest BCUT2D eigenvalue weighted by molar-refractivity contribution is 6.03. The number of hydrogen-bond acceptors (Lipinski definition) is 6. The van der Waals surface area contributed by atoms with Gasteiger partial charge in [0.2, 0.25) is 0 Å². The van der Waals surface area contributed by atoms with Crippen molar-refractivity contribution < 1.29 is 15.0 Å². The molecule has 0 spiro atoms. The number of anilines is 1. The van der Waals surface area contributed by atoms with Crippen molar-refractivity contribution in [2.75, 3.05) is 38.2 Å². The van der Waals surface area contributed by atoms with Crippen LogP contribution >= 0.6 is 0 Å². The zero-order valence-electron chi connectivity index (χ0n) is 17.6. The Kier molecular flexibility index (Phi) is 7.22. The molecular weight excluding hydrogens is 378 g/mol. The molecule has 1 heterocycles. The van der Waals surface area contributed by atoms with Gasteiger partial charge in [-0.2, -0.15) is 5.26 Å². The molecule has 1 aliphatic heterocycles. The summed E-state index contributed by atoms with van der Waals surface area (Å²) >= 11 is 0. The number of nitriles is 1. The number of carbonyl (C=O) groups is 1. The summed E-state index contributed by atoms with van der Waals surface area (Å²) < 4.78 is 0. The largest absolute Gasteiger partial charge is 0.394 e. The van der Waals surface area contributed by atoms with Crippen molar-refractivity contribution in [1.29, 1.82) is 5.26 Å². The number of allylic oxidation sites excluding steroid dienone is 1. The lowest BCUT2D eigenvalue weighted by Crippen LogP contribution is -2.50. The molecule has 6 nitrogen and oxygen atoms in total. The first-order chi connectivity index (χ1) is 14.4. The van der Waals surface area contributed by atoms with Crippen LogP contribution in [-0.2, 0) is 4.79 Å². The Morgan fingerprint density at radius 2 is 2.00 bits per heavy atom. The van der Waals surface area contributed by atoms with Gasteiger partial charge in [-0.15, -0.1) is 0 Å². The second kappa shape index (κ2) is 9.86. The Balaban J connectivity index is 1.79. The monoisotopic (exact) mass is 407 g/mol. The van der Waals surface area contributed by atoms with Crippen molar-refractivity contribution in [2.45, 2.75) is 31.9 Å². The molecule has 2 aromatic carbocycles. The van der Waals surface area contributed by atoms with E-state index in [2.05, 4.69) is 42.0 Å². The number of likely N-dealkylation sites (N-methyl/N-ethyl adjacent to an activating group) is 1. The second-order valence-electron chi connectivity index (χ2n) is 8.06. The molecule has 6 heteroatoms. The Labute approximate surface area is 177 Å². The predicted molar refractivity (Wildman–Crippen MR) is 119 cm³/mol. The summed E-state index contributed by atoms with van der Waals surface area (Å²) in [5, 5.41) is 29.8. The number of fused-ring (bicyclic) bond motifs is 1. The van der Waals surface area contributed by atoms with Crippen molar-refractivity contribution in [1.82, 2.24) is 4.90 Å². The Morgan fingerprint density at radius 1 is 1.27 bits per heavy atom. The van der Waals surface area contributed by atoms with E-state index in [1.54, 1.807) is 6.08 Å². The minimum Gasteiger partial charge on any atom is -0.394 e. The molecule has 2 aromatic rings. The van der Waals surface area contributed by atoms with Gasteiger partial charge in [-0.1, -0.05) is 18.2 Å². The summed E-state index contributed by atoms with van der Waals surface area (Å²) in [7, 11) is 2.15. The molecule has 0 aromatic heterocycles. The lowest BCUT2D eigenvalue weighted by molar-refractivity contribution is -0.115. The van der Waals surface area contributed by atoms with Crippen LogP contribution in [0.1, 0.15) is 25.3 Å². The molecule has 3 rings (SSSR count). The van der Waals surface area contributed by atoms with E-state index in [1.165, 1.54) is 5.69 Å². The third-order valence-electron chi connectivity index (χ3n) is 5.66. The third-order valence-corrected chi connectivity index (χ3v) is 5.66. The number of aliphatic hydroxyl groups excluding tert-OH is 2. The predicted octanol–water partition coefficient (Wildman–Crippen LogP) is 2.59. The normalized spacial score (nSPS) is 19.0. The summed E-state index contributed by atoms with van der Waals surface area (Å²) in [5.41, 5.74) is 2.06. The van der Waals surface area contributed by atoms with Crippen molar-refractivity contribution >= 4 is 28.3 Å². The molecule has 0 bridgehead atoms. The molecule has 0 amide bonds. The van der Waals surface area contributed by atoms with Gasteiger partial charge in [-0.25, -0.2) is 0 Å². The van der Waals surface area contributed by atoms with Gasteiger partial charge >= 0.3 is 0 Å². The minimum atomic E-state index is -0.938. The average molecular weight is 408 g/mol. The first-order valence-corrected chi connectivity index (χ1v) is 10.3. The second-order valence-corrected chi connectivity index (χ2v) is 8.06. The standard InChI is InChI=1S/C24H29N3O3/c1-17-15-26(2)9-10-27(17)22-6-5-19-11-18(3-4-20(19)13-22)12-21(14-25)24(30)8-7-23(29)16-28/h3-6,11-13,17,23,28-29H,7-10,15-16H2,1-2H3/b21-12+. The fraction of sp³-hybridized carbons (Fsp3) is 0.417. The van der Waals surface area contributed by atoms with Gasteiger partial charge in [0, 0.05) is 37.8 Å². The summed E-state index contributed by atoms with van der Waals surface area (Å²) in [6, 6.07) is 14.7. The van der Waals surface area contributed by atoms with Gasteiger partial charge in [0.25, 0.3) is 0 Å². The van der Waals surface area contributed by atoms with Crippen LogP contribution in [0.25, 0.3) is 16.8 Å². The van der Waals surface area contributed by atoms with Crippen LogP contribution in [0.15, 0.2) is 42.0 Å². The number of Topliss-reactive ketones (excluding diaryl/α,β-unsaturated/α-hetero) is 1. The maximum atomic E-state index is 12.2. The number of hydrogen-bond donors (Lipinski definition) is 2. The van der Waals surface area contributed by atoms with Gasteiger partial charge in [-0.3, -0.25) is 4.79 Å². The van der Waals surface area contributed by atoms with E-state index in [4.69, 9.17) is 5.11 Å². The van der Waals surface area contributed by atoms with E-state index in [0.717, 1.165) is 36.0 Å². The highest BCUT2D eigenvalue weighted by Gasteiger charge is 2.21. The molecular formula is C24H29N3O3. The van der Waals surface area contributed by atoms with Gasteiger partial charge in [-0.05, 0) is 61.0 Å². The van der Waals surface area contributed by atoms with Gasteiger partial charge < -0.3 is 20.0 Å². The number of rotatable bonds is 7. The van der Waals surface area contributed by atoms with Crippen LogP contribution in [0, 0.1) is 11.3 Å². The molecule has 30 heavy (non-hydrogen) atoms. The molecule has 2 N–H and O–H groups in total. The summed E-state index contributed by atoms with van der Waals surface area (Å²) in [6.45, 7) is 4.95. The number of piperazine rings is 1. The third kappa shape index (κ3) is 5.25. The SMILES string of the molecule is CC1CN(C)CCN1c1ccc2cc(/C=C(\C#N)C(=O)CCC(O)CO)ccc2c1. The quantitative estimate of drug-likeness (QED) is 0.542. The van der Waals surface area contributed by atoms with Gasteiger partial charge in [0.15, 0.2) is 5.78 Å². The molecule has 0 radical (unpaired) electrons. The summed E-state index contributed by atoms with van der Waals surface area (Å²) in [5.74, 6) is -0.329. The van der Waals surface area contributed by atoms with E-state index in [9.17, 15) is 15.2 Å². The van der Waals surface area contributed by atoms with Crippen LogP contribution < -0.4 is 4.90 Å². The van der Waals surface area contributed by atoms with E-state index in [-0.39, 0.29) is 24.2 Å². The Hall–Kier alpha value is -2.72. The van der Waals surface area contributed by atoms with Crippen molar-refractivity contribution in [3.63, 3.8) is 0 Å². The lowest BCUT2D eigenvalue weighted by Gasteiger charge is -2.40. The first-order valence-electron chi connectivity index (χ1n) is 10.3. The maximum Gasteiger partial charge on any atom is 0.173 e. The fourth-order valence-corrected chi connectivity index (χ4v) is 3.91. The fourth-order valence-electron chi connectivity index (χ4n) is 3.91. The van der Waals surface area contributed by atoms with E-state index >= 15 is 0 Å². The minimum absolute atomic E-state index is 0.0290. The highest BCUT2D eigenvalue weighted by atomic mass is 16.3. The molecule has 1 aliphatic rings. The molecule has 0 aliphatic carbocycles. The van der Waals surface area contributed by atoms with Crippen LogP contribution in [0.2, 0.25) is 0 Å². The van der Waals surface area contributed by atoms with Crippen molar-refractivity contribution in [3.8, 4) is 6.07 Å². The summed E-state index contributed by atoms with van der Waals surface area (Å²) in [4.78, 5) is 17.0. The van der Waals surface area contributed by atoms with Crippen LogP contribution in [-0.4, -0.2) is 66.3 Å². The average Bonchev–Trinajstić information content (AvgIpc) is 2.75. The molecule has 1 fully saturated rings. The lowest BCUT2D eigenvalue weighted by atomic mass is 10.0. The smallest absolute Gasteiger partial charge is 0.173 e. The number of benzene rings is 2. The van der Waals surface area contributed by atoms with E-state index in [0.29, 0.717) is 6.04 Å². The molecule has 2 atom stereocenters. The maximum absolute atomic E-state index is 12.2. The molecule has 2 unspecified atom stereocenters. The van der Waals surface area contributed by atoms with Crippen molar-refractivity contribution in [3.05, 3.63) is 47.5 Å². The number of aliphatic hydroxyl groups is 2. The van der Waals surface area contributed by atoms with E-state index in [1.807, 2.05) is 24.3 Å². The number of nitrogens with zero attached hydrogens (tertiary/aromatic N) is 3. The zero-order valence-corrected chi connectivity index (χ0v) is 17.6. The number of carbonyl (C=O) groups excluding carboxylic acids is 1. The Bertz CT molecular complexity index is 979. The first kappa shape index (κ1) is 22.0. The van der Waals surface area contributed by atoms with Crippen LogP contribution in [0.3, 0.4) is 0 Å². The molecule has 158 valence electrons. The Morgan fingerprint density at radius 3 is 2.70 bits per heavy atom. The molecule has 1 saturated heterocycles. The topological polar surface area (TPSA) is 87.8 Å². The number of ketones is 1.